The van der Waals surface area contributed by atoms with Gasteiger partial charge in [0.25, 0.3) is 5.91 Å². The van der Waals surface area contributed by atoms with Gasteiger partial charge >= 0.3 is 0 Å². The molecule has 0 atom stereocenters. The molecular weight excluding hydrogens is 364 g/mol. The van der Waals surface area contributed by atoms with Crippen LogP contribution in [0.1, 0.15) is 15.9 Å². The molecule has 8 heteroatoms. The Morgan fingerprint density at radius 3 is 2.37 bits per heavy atom. The van der Waals surface area contributed by atoms with Crippen molar-refractivity contribution in [2.75, 3.05) is 19.4 Å². The van der Waals surface area contributed by atoms with E-state index in [-0.39, 0.29) is 10.8 Å². The smallest absolute Gasteiger partial charge is 0.258 e. The molecule has 1 heterocycles. The molecular formula is C19H20N4O3S. The number of sulfonamides is 1. The minimum atomic E-state index is -3.49. The third-order valence-electron chi connectivity index (χ3n) is 3.97. The zero-order valence-electron chi connectivity index (χ0n) is 15.0. The first-order valence-corrected chi connectivity index (χ1v) is 9.70. The monoisotopic (exact) mass is 384 g/mol. The van der Waals surface area contributed by atoms with Crippen LogP contribution in [0.2, 0.25) is 0 Å². The summed E-state index contributed by atoms with van der Waals surface area (Å²) in [5.74, 6) is -0.308. The minimum absolute atomic E-state index is 0.168. The fourth-order valence-corrected chi connectivity index (χ4v) is 3.36. The van der Waals surface area contributed by atoms with Crippen LogP contribution in [-0.2, 0) is 16.6 Å². The van der Waals surface area contributed by atoms with Crippen LogP contribution in [-0.4, -0.2) is 42.5 Å². The average molecular weight is 384 g/mol. The van der Waals surface area contributed by atoms with Crippen molar-refractivity contribution in [3.63, 3.8) is 0 Å². The standard InChI is InChI=1S/C19H20N4O3S/c1-22(2)27(25,26)18-10-8-17(9-11-18)21-19(24)16-12-20-23(14-16)13-15-6-4-3-5-7-15/h3-12,14H,13H2,1-2H3,(H,21,24). The summed E-state index contributed by atoms with van der Waals surface area (Å²) in [6, 6.07) is 15.9. The molecule has 0 fully saturated rings. The van der Waals surface area contributed by atoms with Gasteiger partial charge in [0.15, 0.2) is 0 Å². The first kappa shape index (κ1) is 18.8. The number of carbonyl (C=O) groups is 1. The Labute approximate surface area is 158 Å². The Morgan fingerprint density at radius 1 is 1.07 bits per heavy atom. The van der Waals surface area contributed by atoms with Crippen molar-refractivity contribution in [3.05, 3.63) is 78.1 Å². The molecule has 27 heavy (non-hydrogen) atoms. The van der Waals surface area contributed by atoms with Crippen LogP contribution < -0.4 is 5.32 Å². The molecule has 0 saturated heterocycles. The number of amides is 1. The summed E-state index contributed by atoms with van der Waals surface area (Å²) in [5.41, 5.74) is 2.02. The molecule has 1 aromatic heterocycles. The fraction of sp³-hybridized carbons (Fsp3) is 0.158. The van der Waals surface area contributed by atoms with E-state index in [1.807, 2.05) is 30.3 Å². The van der Waals surface area contributed by atoms with Crippen LogP contribution in [0.3, 0.4) is 0 Å². The average Bonchev–Trinajstić information content (AvgIpc) is 3.11. The van der Waals surface area contributed by atoms with Crippen molar-refractivity contribution < 1.29 is 13.2 Å². The van der Waals surface area contributed by atoms with E-state index < -0.39 is 10.0 Å². The first-order chi connectivity index (χ1) is 12.9. The van der Waals surface area contributed by atoms with Gasteiger partial charge in [-0.25, -0.2) is 12.7 Å². The number of anilines is 1. The highest BCUT2D eigenvalue weighted by molar-refractivity contribution is 7.89. The summed E-state index contributed by atoms with van der Waals surface area (Å²) >= 11 is 0. The van der Waals surface area contributed by atoms with E-state index >= 15 is 0 Å². The second-order valence-corrected chi connectivity index (χ2v) is 8.33. The molecule has 0 radical (unpaired) electrons. The van der Waals surface area contributed by atoms with Gasteiger partial charge in [0.2, 0.25) is 10.0 Å². The quantitative estimate of drug-likeness (QED) is 0.707. The second-order valence-electron chi connectivity index (χ2n) is 6.18. The molecule has 0 bridgehead atoms. The Kier molecular flexibility index (Phi) is 5.38. The zero-order valence-corrected chi connectivity index (χ0v) is 15.8. The second kappa shape index (κ2) is 7.73. The number of nitrogens with one attached hydrogen (secondary N) is 1. The Balaban J connectivity index is 1.67. The highest BCUT2D eigenvalue weighted by Crippen LogP contribution is 2.17. The van der Waals surface area contributed by atoms with Crippen molar-refractivity contribution >= 4 is 21.6 Å². The van der Waals surface area contributed by atoms with Gasteiger partial charge in [-0.2, -0.15) is 5.10 Å². The maximum Gasteiger partial charge on any atom is 0.258 e. The van der Waals surface area contributed by atoms with Crippen LogP contribution in [0.5, 0.6) is 0 Å². The Bertz CT molecular complexity index is 1030. The predicted octanol–water partition coefficient (Wildman–Crippen LogP) is 2.43. The van der Waals surface area contributed by atoms with Gasteiger partial charge in [0.05, 0.1) is 23.2 Å². The summed E-state index contributed by atoms with van der Waals surface area (Å²) < 4.78 is 27.0. The lowest BCUT2D eigenvalue weighted by atomic mass is 10.2. The number of nitrogens with zero attached hydrogens (tertiary/aromatic N) is 3. The van der Waals surface area contributed by atoms with Gasteiger partial charge in [-0.1, -0.05) is 30.3 Å². The van der Waals surface area contributed by atoms with Crippen LogP contribution in [0.4, 0.5) is 5.69 Å². The predicted molar refractivity (Wildman–Crippen MR) is 103 cm³/mol. The summed E-state index contributed by atoms with van der Waals surface area (Å²) in [7, 11) is -0.553. The number of carbonyl (C=O) groups excluding carboxylic acids is 1. The summed E-state index contributed by atoms with van der Waals surface area (Å²) in [4.78, 5) is 12.5. The fourth-order valence-electron chi connectivity index (χ4n) is 2.46. The van der Waals surface area contributed by atoms with Crippen LogP contribution in [0, 0.1) is 0 Å². The molecule has 3 rings (SSSR count). The molecule has 0 saturated carbocycles. The van der Waals surface area contributed by atoms with Gasteiger partial charge in [-0.05, 0) is 29.8 Å². The number of hydrogen-bond acceptors (Lipinski definition) is 4. The van der Waals surface area contributed by atoms with E-state index in [1.165, 1.54) is 32.4 Å². The van der Waals surface area contributed by atoms with Gasteiger partial charge in [0.1, 0.15) is 0 Å². The molecule has 0 aliphatic carbocycles. The van der Waals surface area contributed by atoms with Crippen LogP contribution in [0.25, 0.3) is 0 Å². The van der Waals surface area contributed by atoms with Crippen molar-refractivity contribution in [2.24, 2.45) is 0 Å². The van der Waals surface area contributed by atoms with E-state index in [4.69, 9.17) is 0 Å². The molecule has 0 aliphatic heterocycles. The van der Waals surface area contributed by atoms with E-state index in [1.54, 1.807) is 23.0 Å². The minimum Gasteiger partial charge on any atom is -0.322 e. The Morgan fingerprint density at radius 2 is 1.74 bits per heavy atom. The molecule has 1 N–H and O–H groups in total. The first-order valence-electron chi connectivity index (χ1n) is 8.26. The van der Waals surface area contributed by atoms with Crippen molar-refractivity contribution in [1.82, 2.24) is 14.1 Å². The summed E-state index contributed by atoms with van der Waals surface area (Å²) in [5, 5.41) is 6.95. The van der Waals surface area contributed by atoms with E-state index in [2.05, 4.69) is 10.4 Å². The third kappa shape index (κ3) is 4.42. The van der Waals surface area contributed by atoms with E-state index in [0.717, 1.165) is 9.87 Å². The lowest BCUT2D eigenvalue weighted by Gasteiger charge is -2.11. The van der Waals surface area contributed by atoms with Crippen LogP contribution in [0.15, 0.2) is 71.9 Å². The van der Waals surface area contributed by atoms with Crippen molar-refractivity contribution in [2.45, 2.75) is 11.4 Å². The number of rotatable bonds is 6. The van der Waals surface area contributed by atoms with E-state index in [9.17, 15) is 13.2 Å². The third-order valence-corrected chi connectivity index (χ3v) is 5.80. The highest BCUT2D eigenvalue weighted by Gasteiger charge is 2.17. The van der Waals surface area contributed by atoms with Crippen molar-refractivity contribution in [1.29, 1.82) is 0 Å². The lowest BCUT2D eigenvalue weighted by molar-refractivity contribution is 0.102. The maximum atomic E-state index is 12.4. The Hall–Kier alpha value is -2.97. The van der Waals surface area contributed by atoms with Gasteiger partial charge in [-0.15, -0.1) is 0 Å². The van der Waals surface area contributed by atoms with E-state index in [0.29, 0.717) is 17.8 Å². The highest BCUT2D eigenvalue weighted by atomic mass is 32.2. The zero-order chi connectivity index (χ0) is 19.4. The van der Waals surface area contributed by atoms with Gasteiger partial charge in [0, 0.05) is 26.0 Å². The topological polar surface area (TPSA) is 84.3 Å². The molecule has 0 spiro atoms. The van der Waals surface area contributed by atoms with Crippen LogP contribution >= 0.6 is 0 Å². The normalized spacial score (nSPS) is 11.5. The molecule has 2 aromatic carbocycles. The van der Waals surface area contributed by atoms with Gasteiger partial charge < -0.3 is 5.32 Å². The molecule has 1 amide bonds. The summed E-state index contributed by atoms with van der Waals surface area (Å²) in [6.45, 7) is 0.575. The molecule has 7 nitrogen and oxygen atoms in total. The largest absolute Gasteiger partial charge is 0.322 e. The summed E-state index contributed by atoms with van der Waals surface area (Å²) in [6.07, 6.45) is 3.18. The van der Waals surface area contributed by atoms with Crippen molar-refractivity contribution in [3.8, 4) is 0 Å². The van der Waals surface area contributed by atoms with Gasteiger partial charge in [-0.3, -0.25) is 9.48 Å². The number of hydrogen-bond donors (Lipinski definition) is 1. The molecule has 140 valence electrons. The lowest BCUT2D eigenvalue weighted by Crippen LogP contribution is -2.22. The molecule has 3 aromatic rings. The molecule has 0 aliphatic rings. The maximum absolute atomic E-state index is 12.4. The SMILES string of the molecule is CN(C)S(=O)(=O)c1ccc(NC(=O)c2cnn(Cc3ccccc3)c2)cc1. The number of benzene rings is 2. The molecule has 0 unspecified atom stereocenters. The number of aromatic nitrogens is 2.